The summed E-state index contributed by atoms with van der Waals surface area (Å²) >= 11 is 6.06. The highest BCUT2D eigenvalue weighted by atomic mass is 35.5. The summed E-state index contributed by atoms with van der Waals surface area (Å²) in [7, 11) is 3.17. The maximum absolute atomic E-state index is 6.06. The predicted octanol–water partition coefficient (Wildman–Crippen LogP) is 3.27. The van der Waals surface area contributed by atoms with Crippen LogP contribution in [0.3, 0.4) is 0 Å². The van der Waals surface area contributed by atoms with E-state index in [1.165, 1.54) is 0 Å². The van der Waals surface area contributed by atoms with Crippen molar-refractivity contribution in [3.8, 4) is 11.5 Å². The lowest BCUT2D eigenvalue weighted by atomic mass is 10.2. The normalized spacial score (nSPS) is 10.2. The maximum atomic E-state index is 6.06. The Morgan fingerprint density at radius 2 is 2.10 bits per heavy atom. The molecule has 0 aliphatic rings. The molecule has 0 unspecified atom stereocenters. The fourth-order valence-electron chi connectivity index (χ4n) is 1.76. The molecule has 106 valence electrons. The molecule has 0 bridgehead atoms. The summed E-state index contributed by atoms with van der Waals surface area (Å²) in [6.07, 6.45) is 5.29. The molecule has 0 spiro atoms. The summed E-state index contributed by atoms with van der Waals surface area (Å²) in [5, 5.41) is 7.90. The van der Waals surface area contributed by atoms with Crippen LogP contribution in [0.2, 0.25) is 5.02 Å². The van der Waals surface area contributed by atoms with Gasteiger partial charge in [-0.1, -0.05) is 18.2 Å². The molecule has 0 atom stereocenters. The highest BCUT2D eigenvalue weighted by molar-refractivity contribution is 6.32. The van der Waals surface area contributed by atoms with Crippen LogP contribution in [0.4, 0.5) is 5.69 Å². The van der Waals surface area contributed by atoms with Crippen molar-refractivity contribution >= 4 is 23.5 Å². The van der Waals surface area contributed by atoms with E-state index in [2.05, 4.69) is 17.0 Å². The Hall–Kier alpha value is -2.14. The summed E-state index contributed by atoms with van der Waals surface area (Å²) in [5.74, 6) is 1.25. The third kappa shape index (κ3) is 3.05. The number of methoxy groups -OCH3 is 2. The topological polar surface area (TPSA) is 48.3 Å². The first-order chi connectivity index (χ1) is 9.67. The first-order valence-electron chi connectivity index (χ1n) is 5.99. The second-order valence-corrected chi connectivity index (χ2v) is 4.46. The van der Waals surface area contributed by atoms with Gasteiger partial charge in [-0.25, -0.2) is 4.68 Å². The highest BCUT2D eigenvalue weighted by Crippen LogP contribution is 2.35. The van der Waals surface area contributed by atoms with Crippen molar-refractivity contribution in [2.24, 2.45) is 0 Å². The number of halogens is 1. The fraction of sp³-hybridized carbons (Fsp3) is 0.214. The van der Waals surface area contributed by atoms with Gasteiger partial charge in [0.25, 0.3) is 0 Å². The van der Waals surface area contributed by atoms with Crippen molar-refractivity contribution < 1.29 is 9.47 Å². The number of benzene rings is 1. The van der Waals surface area contributed by atoms with E-state index < -0.39 is 0 Å². The van der Waals surface area contributed by atoms with Gasteiger partial charge in [-0.3, -0.25) is 0 Å². The van der Waals surface area contributed by atoms with Gasteiger partial charge in [0.05, 0.1) is 31.1 Å². The minimum Gasteiger partial charge on any atom is -0.495 e. The van der Waals surface area contributed by atoms with E-state index in [0.717, 1.165) is 11.3 Å². The molecule has 1 aromatic carbocycles. The third-order valence-electron chi connectivity index (χ3n) is 2.80. The predicted molar refractivity (Wildman–Crippen MR) is 80.5 cm³/mol. The van der Waals surface area contributed by atoms with Crippen LogP contribution in [-0.2, 0) is 6.54 Å². The zero-order chi connectivity index (χ0) is 14.5. The lowest BCUT2D eigenvalue weighted by Gasteiger charge is -2.13. The monoisotopic (exact) mass is 293 g/mol. The van der Waals surface area contributed by atoms with Gasteiger partial charge in [-0.05, 0) is 0 Å². The van der Waals surface area contributed by atoms with Crippen LogP contribution in [-0.4, -0.2) is 24.0 Å². The van der Waals surface area contributed by atoms with Crippen molar-refractivity contribution in [1.29, 1.82) is 0 Å². The number of aromatic nitrogens is 2. The molecule has 6 heteroatoms. The molecule has 2 rings (SSSR count). The molecule has 0 radical (unpaired) electrons. The molecule has 1 heterocycles. The van der Waals surface area contributed by atoms with Gasteiger partial charge in [0.1, 0.15) is 11.5 Å². The summed E-state index contributed by atoms with van der Waals surface area (Å²) in [5.41, 5.74) is 1.83. The second kappa shape index (κ2) is 6.34. The van der Waals surface area contributed by atoms with E-state index in [1.807, 2.05) is 6.20 Å². The number of ether oxygens (including phenoxy) is 2. The van der Waals surface area contributed by atoms with E-state index in [1.54, 1.807) is 43.4 Å². The van der Waals surface area contributed by atoms with Crippen LogP contribution in [0.1, 0.15) is 5.56 Å². The zero-order valence-electron chi connectivity index (χ0n) is 11.4. The molecule has 0 fully saturated rings. The smallest absolute Gasteiger partial charge is 0.143 e. The lowest BCUT2D eigenvalue weighted by molar-refractivity contribution is 0.404. The Balaban J connectivity index is 2.17. The number of nitrogens with one attached hydrogen (secondary N) is 1. The van der Waals surface area contributed by atoms with E-state index in [9.17, 15) is 0 Å². The second-order valence-electron chi connectivity index (χ2n) is 4.05. The molecule has 0 saturated carbocycles. The standard InChI is InChI=1S/C14H16ClN3O2/c1-4-18-9-10(8-17-18)7-16-12-6-13(19-2)11(15)5-14(12)20-3/h4-6,8-9,16H,1,7H2,2-3H3. The van der Waals surface area contributed by atoms with Crippen molar-refractivity contribution in [2.75, 3.05) is 19.5 Å². The minimum absolute atomic E-state index is 0.509. The van der Waals surface area contributed by atoms with E-state index in [-0.39, 0.29) is 0 Å². The van der Waals surface area contributed by atoms with Gasteiger partial charge in [0, 0.05) is 36.6 Å². The van der Waals surface area contributed by atoms with Crippen LogP contribution in [0.5, 0.6) is 11.5 Å². The Kier molecular flexibility index (Phi) is 4.53. The first kappa shape index (κ1) is 14.3. The Labute approximate surface area is 122 Å². The minimum atomic E-state index is 0.509. The highest BCUT2D eigenvalue weighted by Gasteiger charge is 2.10. The Morgan fingerprint density at radius 1 is 1.35 bits per heavy atom. The van der Waals surface area contributed by atoms with Gasteiger partial charge in [0.2, 0.25) is 0 Å². The summed E-state index contributed by atoms with van der Waals surface area (Å²) in [6, 6.07) is 3.52. The zero-order valence-corrected chi connectivity index (χ0v) is 12.1. The van der Waals surface area contributed by atoms with Crippen LogP contribution < -0.4 is 14.8 Å². The van der Waals surface area contributed by atoms with Crippen LogP contribution in [0.15, 0.2) is 31.1 Å². The molecule has 2 aromatic rings. The molecule has 20 heavy (non-hydrogen) atoms. The average molecular weight is 294 g/mol. The van der Waals surface area contributed by atoms with Crippen LogP contribution in [0.25, 0.3) is 6.20 Å². The number of hydrogen-bond acceptors (Lipinski definition) is 4. The Bertz CT molecular complexity index is 610. The van der Waals surface area contributed by atoms with E-state index in [4.69, 9.17) is 21.1 Å². The molecule has 0 aliphatic carbocycles. The van der Waals surface area contributed by atoms with Crippen molar-refractivity contribution in [1.82, 2.24) is 9.78 Å². The van der Waals surface area contributed by atoms with Crippen molar-refractivity contribution in [3.63, 3.8) is 0 Å². The van der Waals surface area contributed by atoms with Gasteiger partial charge >= 0.3 is 0 Å². The molecule has 0 amide bonds. The summed E-state index contributed by atoms with van der Waals surface area (Å²) in [6.45, 7) is 4.26. The molecule has 1 N–H and O–H groups in total. The first-order valence-corrected chi connectivity index (χ1v) is 6.36. The van der Waals surface area contributed by atoms with Crippen LogP contribution >= 0.6 is 11.6 Å². The molecule has 0 saturated heterocycles. The average Bonchev–Trinajstić information content (AvgIpc) is 2.93. The van der Waals surface area contributed by atoms with Crippen molar-refractivity contribution in [2.45, 2.75) is 6.54 Å². The largest absolute Gasteiger partial charge is 0.495 e. The SMILES string of the molecule is C=Cn1cc(CNc2cc(OC)c(Cl)cc2OC)cn1. The quantitative estimate of drug-likeness (QED) is 0.888. The van der Waals surface area contributed by atoms with Gasteiger partial charge < -0.3 is 14.8 Å². The number of anilines is 1. The van der Waals surface area contributed by atoms with Crippen LogP contribution in [0, 0.1) is 0 Å². The van der Waals surface area contributed by atoms with E-state index in [0.29, 0.717) is 23.1 Å². The lowest BCUT2D eigenvalue weighted by Crippen LogP contribution is -2.01. The van der Waals surface area contributed by atoms with Gasteiger partial charge in [-0.2, -0.15) is 5.10 Å². The maximum Gasteiger partial charge on any atom is 0.143 e. The molecular weight excluding hydrogens is 278 g/mol. The summed E-state index contributed by atoms with van der Waals surface area (Å²) < 4.78 is 12.2. The van der Waals surface area contributed by atoms with Crippen molar-refractivity contribution in [3.05, 3.63) is 41.7 Å². The van der Waals surface area contributed by atoms with Gasteiger partial charge in [-0.15, -0.1) is 0 Å². The number of hydrogen-bond donors (Lipinski definition) is 1. The number of nitrogens with zero attached hydrogens (tertiary/aromatic N) is 2. The molecular formula is C14H16ClN3O2. The molecule has 0 aliphatic heterocycles. The van der Waals surface area contributed by atoms with Gasteiger partial charge in [0.15, 0.2) is 0 Å². The summed E-state index contributed by atoms with van der Waals surface area (Å²) in [4.78, 5) is 0. The number of rotatable bonds is 6. The Morgan fingerprint density at radius 3 is 2.70 bits per heavy atom. The fourth-order valence-corrected chi connectivity index (χ4v) is 2.00. The third-order valence-corrected chi connectivity index (χ3v) is 3.09. The van der Waals surface area contributed by atoms with E-state index >= 15 is 0 Å². The molecule has 1 aromatic heterocycles. The molecule has 5 nitrogen and oxygen atoms in total.